The Morgan fingerprint density at radius 1 is 1.04 bits per heavy atom. The molecule has 0 aliphatic heterocycles. The highest BCUT2D eigenvalue weighted by Crippen LogP contribution is 1.93. The molecule has 0 rings (SSSR count). The van der Waals surface area contributed by atoms with E-state index in [2.05, 4.69) is 5.32 Å². The third-order valence-corrected chi connectivity index (χ3v) is 2.34. The first-order valence-electron chi connectivity index (χ1n) is 7.43. The van der Waals surface area contributed by atoms with Gasteiger partial charge in [0.15, 0.2) is 5.96 Å². The molecule has 0 aromatic carbocycles. The molecule has 12 heteroatoms. The zero-order valence-electron chi connectivity index (χ0n) is 14.3. The number of aliphatic hydroxyl groups is 1. The lowest BCUT2D eigenvalue weighted by Crippen LogP contribution is -2.34. The predicted octanol–water partition coefficient (Wildman–Crippen LogP) is -2.68. The van der Waals surface area contributed by atoms with E-state index < -0.39 is 29.9 Å². The molecule has 0 fully saturated rings. The first kappa shape index (κ1) is 27.4. The first-order valence-corrected chi connectivity index (χ1v) is 7.43. The maximum Gasteiger partial charge on any atom is 0.320 e. The fraction of sp³-hybridized carbons (Fsp3) is 0.692. The summed E-state index contributed by atoms with van der Waals surface area (Å²) in [5.74, 6) is -2.75. The third kappa shape index (κ3) is 26.8. The van der Waals surface area contributed by atoms with Gasteiger partial charge in [0, 0.05) is 19.6 Å². The molecule has 0 bridgehead atoms. The van der Waals surface area contributed by atoms with E-state index in [-0.39, 0.29) is 25.4 Å². The summed E-state index contributed by atoms with van der Waals surface area (Å²) in [6.07, 6.45) is 1.10. The number of carboxylic acid groups (broad SMARTS) is 2. The fourth-order valence-electron chi connectivity index (χ4n) is 1.09. The molecule has 1 amide bonds. The standard InChI is InChI=1S/C6H14N4O2.C5H10N2O3.C2H6O/c7-4(5(11)12)2-1-3-10-6(8)9;6-3(5(9)10)1-2-4(7)8;1-2-3/h4H,1-3,7H2,(H,11,12)(H4,8,9,10);3H,1-2,6H2,(H2,7,8)(H,9,10);3H,2H2,1H3. The number of nitrogens with one attached hydrogen (secondary N) is 2. The molecular weight excluding hydrogens is 336 g/mol. The number of aliphatic carboxylic acids is 2. The van der Waals surface area contributed by atoms with Crippen molar-refractivity contribution in [3.05, 3.63) is 0 Å². The summed E-state index contributed by atoms with van der Waals surface area (Å²) in [5.41, 5.74) is 20.0. The number of primary amides is 1. The summed E-state index contributed by atoms with van der Waals surface area (Å²) in [4.78, 5) is 30.3. The molecule has 13 N–H and O–H groups in total. The van der Waals surface area contributed by atoms with Crippen molar-refractivity contribution in [2.75, 3.05) is 13.2 Å². The van der Waals surface area contributed by atoms with Crippen LogP contribution in [0.25, 0.3) is 0 Å². The maximum absolute atomic E-state index is 10.2. The lowest BCUT2D eigenvalue weighted by molar-refractivity contribution is -0.139. The zero-order valence-corrected chi connectivity index (χ0v) is 14.3. The largest absolute Gasteiger partial charge is 0.480 e. The van der Waals surface area contributed by atoms with E-state index in [0.717, 1.165) is 0 Å². The molecule has 148 valence electrons. The zero-order chi connectivity index (χ0) is 20.4. The minimum Gasteiger partial charge on any atom is -0.480 e. The molecular formula is C13H30N6O6. The SMILES string of the molecule is CCO.N=C(N)NCCCC(N)C(=O)O.NC(=O)CCC(N)C(=O)O. The second-order valence-electron chi connectivity index (χ2n) is 4.69. The number of hydrogen-bond acceptors (Lipinski definition) is 7. The minimum atomic E-state index is -1.11. The minimum absolute atomic E-state index is 0.0213. The van der Waals surface area contributed by atoms with E-state index in [1.54, 1.807) is 6.92 Å². The Morgan fingerprint density at radius 3 is 1.76 bits per heavy atom. The summed E-state index contributed by atoms with van der Waals surface area (Å²) in [5, 5.41) is 33.5. The Kier molecular flexibility index (Phi) is 19.6. The Balaban J connectivity index is -0.000000338. The van der Waals surface area contributed by atoms with Gasteiger partial charge in [0.25, 0.3) is 0 Å². The van der Waals surface area contributed by atoms with Crippen molar-refractivity contribution in [3.63, 3.8) is 0 Å². The average molecular weight is 366 g/mol. The molecule has 0 aliphatic rings. The van der Waals surface area contributed by atoms with Crippen molar-refractivity contribution >= 4 is 23.8 Å². The number of carbonyl (C=O) groups is 3. The Morgan fingerprint density at radius 2 is 1.44 bits per heavy atom. The fourth-order valence-corrected chi connectivity index (χ4v) is 1.09. The van der Waals surface area contributed by atoms with Crippen LogP contribution in [-0.2, 0) is 14.4 Å². The number of guanidine groups is 1. The molecule has 0 aromatic rings. The van der Waals surface area contributed by atoms with Gasteiger partial charge in [0.05, 0.1) is 0 Å². The molecule has 0 saturated heterocycles. The molecule has 0 saturated carbocycles. The average Bonchev–Trinajstić information content (AvgIpc) is 2.49. The van der Waals surface area contributed by atoms with Gasteiger partial charge >= 0.3 is 11.9 Å². The van der Waals surface area contributed by atoms with Gasteiger partial charge in [-0.2, -0.15) is 0 Å². The summed E-state index contributed by atoms with van der Waals surface area (Å²) in [6.45, 7) is 2.41. The number of amides is 1. The van der Waals surface area contributed by atoms with Crippen LogP contribution in [-0.4, -0.2) is 64.4 Å². The van der Waals surface area contributed by atoms with Crippen LogP contribution in [0.15, 0.2) is 0 Å². The Hall–Kier alpha value is -2.44. The van der Waals surface area contributed by atoms with Gasteiger partial charge in [-0.1, -0.05) is 0 Å². The highest BCUT2D eigenvalue weighted by atomic mass is 16.4. The molecule has 2 unspecified atom stereocenters. The Bertz CT molecular complexity index is 406. The summed E-state index contributed by atoms with van der Waals surface area (Å²) < 4.78 is 0. The number of nitrogens with two attached hydrogens (primary N) is 4. The lowest BCUT2D eigenvalue weighted by atomic mass is 10.2. The van der Waals surface area contributed by atoms with Gasteiger partial charge in [0.2, 0.25) is 5.91 Å². The highest BCUT2D eigenvalue weighted by molar-refractivity contribution is 5.77. The van der Waals surface area contributed by atoms with Crippen molar-refractivity contribution < 1.29 is 29.7 Å². The van der Waals surface area contributed by atoms with Crippen molar-refractivity contribution in [2.24, 2.45) is 22.9 Å². The lowest BCUT2D eigenvalue weighted by Gasteiger charge is -2.06. The van der Waals surface area contributed by atoms with Crippen molar-refractivity contribution in [1.82, 2.24) is 5.32 Å². The monoisotopic (exact) mass is 366 g/mol. The van der Waals surface area contributed by atoms with Crippen LogP contribution in [0.2, 0.25) is 0 Å². The van der Waals surface area contributed by atoms with Gasteiger partial charge in [-0.05, 0) is 26.2 Å². The van der Waals surface area contributed by atoms with E-state index in [1.165, 1.54) is 0 Å². The van der Waals surface area contributed by atoms with Crippen LogP contribution >= 0.6 is 0 Å². The summed E-state index contributed by atoms with van der Waals surface area (Å²) >= 11 is 0. The molecule has 12 nitrogen and oxygen atoms in total. The van der Waals surface area contributed by atoms with Crippen LogP contribution in [0.5, 0.6) is 0 Å². The van der Waals surface area contributed by atoms with E-state index in [0.29, 0.717) is 19.4 Å². The second-order valence-corrected chi connectivity index (χ2v) is 4.69. The molecule has 2 atom stereocenters. The van der Waals surface area contributed by atoms with Crippen LogP contribution in [0.1, 0.15) is 32.6 Å². The van der Waals surface area contributed by atoms with E-state index >= 15 is 0 Å². The van der Waals surface area contributed by atoms with Crippen molar-refractivity contribution in [2.45, 2.75) is 44.7 Å². The Labute approximate surface area is 146 Å². The molecule has 0 aromatic heterocycles. The molecule has 25 heavy (non-hydrogen) atoms. The number of carboxylic acids is 2. The third-order valence-electron chi connectivity index (χ3n) is 2.34. The topological polar surface area (TPSA) is 252 Å². The van der Waals surface area contributed by atoms with Gasteiger partial charge < -0.3 is 43.6 Å². The molecule has 0 heterocycles. The molecule has 0 radical (unpaired) electrons. The van der Waals surface area contributed by atoms with E-state index in [4.69, 9.17) is 43.7 Å². The van der Waals surface area contributed by atoms with Gasteiger partial charge in [0.1, 0.15) is 12.1 Å². The number of hydrogen-bond donors (Lipinski definition) is 9. The van der Waals surface area contributed by atoms with Crippen LogP contribution in [0, 0.1) is 5.41 Å². The van der Waals surface area contributed by atoms with Gasteiger partial charge in [-0.3, -0.25) is 19.8 Å². The number of rotatable bonds is 9. The van der Waals surface area contributed by atoms with Gasteiger partial charge in [-0.15, -0.1) is 0 Å². The van der Waals surface area contributed by atoms with Crippen molar-refractivity contribution in [3.8, 4) is 0 Å². The molecule has 0 spiro atoms. The van der Waals surface area contributed by atoms with E-state index in [1.807, 2.05) is 0 Å². The van der Waals surface area contributed by atoms with Crippen LogP contribution in [0.3, 0.4) is 0 Å². The first-order chi connectivity index (χ1) is 11.5. The number of aliphatic hydroxyl groups excluding tert-OH is 1. The van der Waals surface area contributed by atoms with Crippen LogP contribution < -0.4 is 28.3 Å². The highest BCUT2D eigenvalue weighted by Gasteiger charge is 2.11. The van der Waals surface area contributed by atoms with E-state index in [9.17, 15) is 14.4 Å². The summed E-state index contributed by atoms with van der Waals surface area (Å²) in [7, 11) is 0. The van der Waals surface area contributed by atoms with Crippen molar-refractivity contribution in [1.29, 1.82) is 5.41 Å². The maximum atomic E-state index is 10.2. The quantitative estimate of drug-likeness (QED) is 0.116. The van der Waals surface area contributed by atoms with Gasteiger partial charge in [-0.25, -0.2) is 0 Å². The molecule has 0 aliphatic carbocycles. The second kappa shape index (κ2) is 17.9. The number of carbonyl (C=O) groups excluding carboxylic acids is 1. The summed E-state index contributed by atoms with van der Waals surface area (Å²) in [6, 6.07) is -1.80. The smallest absolute Gasteiger partial charge is 0.320 e. The normalized spacial score (nSPS) is 11.5. The predicted molar refractivity (Wildman–Crippen MR) is 91.6 cm³/mol. The van der Waals surface area contributed by atoms with Crippen LogP contribution in [0.4, 0.5) is 0 Å².